The number of phosphoric ester groups is 1. The lowest BCUT2D eigenvalue weighted by Crippen LogP contribution is -2.03. The van der Waals surface area contributed by atoms with Crippen LogP contribution < -0.4 is 0 Å². The topological polar surface area (TPSA) is 104 Å². The Morgan fingerprint density at radius 2 is 1.93 bits per heavy atom. The zero-order valence-electron chi connectivity index (χ0n) is 7.53. The summed E-state index contributed by atoms with van der Waals surface area (Å²) < 4.78 is 14.6. The van der Waals surface area contributed by atoms with Crippen LogP contribution in [0.5, 0.6) is 0 Å². The molecule has 0 fully saturated rings. The van der Waals surface area contributed by atoms with Crippen LogP contribution in [-0.4, -0.2) is 20.9 Å². The van der Waals surface area contributed by atoms with Crippen LogP contribution in [0.4, 0.5) is 0 Å². The van der Waals surface area contributed by atoms with Crippen LogP contribution in [0.25, 0.3) is 0 Å². The number of phosphoric acid groups is 1. The standard InChI is InChI=1S/C8H9O6P/c9-8(10)7-4-2-1-3-6(7)5-14-15(11,12)13/h1-4H,5H2,(H,9,10)(H2,11,12,13). The van der Waals surface area contributed by atoms with Crippen LogP contribution in [0.1, 0.15) is 15.9 Å². The third-order valence-corrected chi connectivity index (χ3v) is 2.10. The first-order valence-electron chi connectivity index (χ1n) is 3.91. The maximum atomic E-state index is 10.7. The van der Waals surface area contributed by atoms with Crippen molar-refractivity contribution in [2.45, 2.75) is 6.61 Å². The molecule has 1 aromatic rings. The molecule has 0 saturated heterocycles. The van der Waals surface area contributed by atoms with E-state index < -0.39 is 20.4 Å². The van der Waals surface area contributed by atoms with E-state index in [-0.39, 0.29) is 11.1 Å². The van der Waals surface area contributed by atoms with E-state index in [0.29, 0.717) is 0 Å². The minimum absolute atomic E-state index is 0.0362. The fourth-order valence-corrected chi connectivity index (χ4v) is 1.32. The van der Waals surface area contributed by atoms with Crippen molar-refractivity contribution in [3.63, 3.8) is 0 Å². The summed E-state index contributed by atoms with van der Waals surface area (Å²) in [6.45, 7) is -0.438. The average Bonchev–Trinajstić information content (AvgIpc) is 2.14. The summed E-state index contributed by atoms with van der Waals surface area (Å²) in [4.78, 5) is 27.6. The van der Waals surface area contributed by atoms with Crippen LogP contribution in [-0.2, 0) is 15.7 Å². The molecule has 1 aromatic carbocycles. The maximum Gasteiger partial charge on any atom is 0.469 e. The molecule has 0 unspecified atom stereocenters. The van der Waals surface area contributed by atoms with Crippen molar-refractivity contribution >= 4 is 13.8 Å². The summed E-state index contributed by atoms with van der Waals surface area (Å²) in [6, 6.07) is 5.84. The molecule has 0 heterocycles. The zero-order chi connectivity index (χ0) is 11.5. The van der Waals surface area contributed by atoms with Gasteiger partial charge in [0.25, 0.3) is 0 Å². The van der Waals surface area contributed by atoms with Gasteiger partial charge in [0, 0.05) is 0 Å². The fraction of sp³-hybridized carbons (Fsp3) is 0.125. The molecule has 82 valence electrons. The SMILES string of the molecule is O=C(O)c1ccccc1COP(=O)(O)O. The van der Waals surface area contributed by atoms with Crippen molar-refractivity contribution < 1.29 is 28.8 Å². The number of hydrogen-bond donors (Lipinski definition) is 3. The second-order valence-electron chi connectivity index (χ2n) is 2.73. The van der Waals surface area contributed by atoms with E-state index in [1.54, 1.807) is 6.07 Å². The Balaban J connectivity index is 2.85. The van der Waals surface area contributed by atoms with E-state index >= 15 is 0 Å². The molecule has 0 aliphatic carbocycles. The lowest BCUT2D eigenvalue weighted by molar-refractivity contribution is 0.0692. The minimum Gasteiger partial charge on any atom is -0.478 e. The smallest absolute Gasteiger partial charge is 0.469 e. The molecule has 6 nitrogen and oxygen atoms in total. The fourth-order valence-electron chi connectivity index (χ4n) is 1.01. The Morgan fingerprint density at radius 1 is 1.33 bits per heavy atom. The molecule has 15 heavy (non-hydrogen) atoms. The van der Waals surface area contributed by atoms with Gasteiger partial charge in [0.1, 0.15) is 0 Å². The van der Waals surface area contributed by atoms with Gasteiger partial charge in [0.05, 0.1) is 12.2 Å². The molecule has 1 rings (SSSR count). The molecular formula is C8H9O6P. The summed E-state index contributed by atoms with van der Waals surface area (Å²) in [5.41, 5.74) is 0.180. The Bertz CT molecular complexity index is 409. The Morgan fingerprint density at radius 3 is 2.47 bits per heavy atom. The van der Waals surface area contributed by atoms with Gasteiger partial charge in [-0.25, -0.2) is 9.36 Å². The Kier molecular flexibility index (Phi) is 3.60. The van der Waals surface area contributed by atoms with Crippen molar-refractivity contribution in [2.24, 2.45) is 0 Å². The van der Waals surface area contributed by atoms with E-state index in [4.69, 9.17) is 14.9 Å². The molecule has 0 aromatic heterocycles. The molecule has 0 amide bonds. The second kappa shape index (κ2) is 4.55. The molecule has 0 saturated carbocycles. The lowest BCUT2D eigenvalue weighted by Gasteiger charge is -2.07. The van der Waals surface area contributed by atoms with E-state index in [9.17, 15) is 9.36 Å². The number of carboxylic acids is 1. The van der Waals surface area contributed by atoms with Gasteiger partial charge in [-0.15, -0.1) is 0 Å². The summed E-state index contributed by atoms with van der Waals surface area (Å²) in [5.74, 6) is -1.17. The number of carbonyl (C=O) groups is 1. The molecule has 3 N–H and O–H groups in total. The number of aromatic carboxylic acids is 1. The largest absolute Gasteiger partial charge is 0.478 e. The van der Waals surface area contributed by atoms with Gasteiger partial charge in [-0.05, 0) is 11.6 Å². The van der Waals surface area contributed by atoms with Crippen LogP contribution in [0.15, 0.2) is 24.3 Å². The van der Waals surface area contributed by atoms with Gasteiger partial charge in [0.15, 0.2) is 0 Å². The van der Waals surface area contributed by atoms with E-state index in [1.165, 1.54) is 18.2 Å². The molecule has 0 aliphatic heterocycles. The normalized spacial score (nSPS) is 11.3. The second-order valence-corrected chi connectivity index (χ2v) is 3.97. The van der Waals surface area contributed by atoms with Crippen LogP contribution >= 0.6 is 7.82 Å². The van der Waals surface area contributed by atoms with Gasteiger partial charge >= 0.3 is 13.8 Å². The van der Waals surface area contributed by atoms with E-state index in [1.807, 2.05) is 0 Å². The average molecular weight is 232 g/mol. The molecule has 0 atom stereocenters. The van der Waals surface area contributed by atoms with Gasteiger partial charge in [-0.1, -0.05) is 18.2 Å². The van der Waals surface area contributed by atoms with Crippen molar-refractivity contribution in [3.8, 4) is 0 Å². The summed E-state index contributed by atoms with van der Waals surface area (Å²) >= 11 is 0. The van der Waals surface area contributed by atoms with Crippen molar-refractivity contribution in [1.82, 2.24) is 0 Å². The summed E-state index contributed by atoms with van der Waals surface area (Å²) in [5, 5.41) is 8.75. The van der Waals surface area contributed by atoms with E-state index in [0.717, 1.165) is 0 Å². The first-order valence-corrected chi connectivity index (χ1v) is 5.44. The zero-order valence-corrected chi connectivity index (χ0v) is 8.42. The van der Waals surface area contributed by atoms with Crippen LogP contribution in [0, 0.1) is 0 Å². The highest BCUT2D eigenvalue weighted by molar-refractivity contribution is 7.46. The van der Waals surface area contributed by atoms with Gasteiger partial charge in [-0.3, -0.25) is 4.52 Å². The maximum absolute atomic E-state index is 10.7. The van der Waals surface area contributed by atoms with Gasteiger partial charge in [-0.2, -0.15) is 0 Å². The third kappa shape index (κ3) is 3.81. The lowest BCUT2D eigenvalue weighted by atomic mass is 10.1. The molecular weight excluding hydrogens is 223 g/mol. The molecule has 0 radical (unpaired) electrons. The Hall–Kier alpha value is -1.20. The third-order valence-electron chi connectivity index (χ3n) is 1.64. The van der Waals surface area contributed by atoms with Gasteiger partial charge in [0.2, 0.25) is 0 Å². The van der Waals surface area contributed by atoms with Gasteiger partial charge < -0.3 is 14.9 Å². The van der Waals surface area contributed by atoms with Crippen molar-refractivity contribution in [1.29, 1.82) is 0 Å². The quantitative estimate of drug-likeness (QED) is 0.669. The minimum atomic E-state index is -4.57. The number of rotatable bonds is 4. The summed E-state index contributed by atoms with van der Waals surface area (Å²) in [7, 11) is -4.57. The number of benzene rings is 1. The van der Waals surface area contributed by atoms with Crippen molar-refractivity contribution in [3.05, 3.63) is 35.4 Å². The predicted octanol–water partition coefficient (Wildman–Crippen LogP) is 0.994. The first kappa shape index (κ1) is 11.9. The summed E-state index contributed by atoms with van der Waals surface area (Å²) in [6.07, 6.45) is 0. The molecule has 0 aliphatic rings. The predicted molar refractivity (Wildman–Crippen MR) is 50.2 cm³/mol. The number of carboxylic acid groups (broad SMARTS) is 1. The van der Waals surface area contributed by atoms with Crippen LogP contribution in [0.2, 0.25) is 0 Å². The number of hydrogen-bond acceptors (Lipinski definition) is 3. The van der Waals surface area contributed by atoms with Crippen LogP contribution in [0.3, 0.4) is 0 Å². The highest BCUT2D eigenvalue weighted by atomic mass is 31.2. The molecule has 7 heteroatoms. The molecule has 0 spiro atoms. The molecule has 0 bridgehead atoms. The monoisotopic (exact) mass is 232 g/mol. The Labute approximate surface area is 85.4 Å². The van der Waals surface area contributed by atoms with Crippen molar-refractivity contribution in [2.75, 3.05) is 0 Å². The van der Waals surface area contributed by atoms with E-state index in [2.05, 4.69) is 4.52 Å². The highest BCUT2D eigenvalue weighted by Crippen LogP contribution is 2.37. The highest BCUT2D eigenvalue weighted by Gasteiger charge is 2.16. The first-order chi connectivity index (χ1) is 6.90.